The van der Waals surface area contributed by atoms with Gasteiger partial charge in [0.25, 0.3) is 5.91 Å². The van der Waals surface area contributed by atoms with Gasteiger partial charge >= 0.3 is 0 Å². The molecule has 2 N–H and O–H groups in total. The maximum Gasteiger partial charge on any atom is 0.253 e. The molecule has 0 bridgehead atoms. The van der Waals surface area contributed by atoms with Crippen molar-refractivity contribution in [2.45, 2.75) is 19.4 Å². The van der Waals surface area contributed by atoms with E-state index in [0.717, 1.165) is 31.0 Å². The monoisotopic (exact) mass is 537 g/mol. The zero-order valence-corrected chi connectivity index (χ0v) is 21.8. The lowest BCUT2D eigenvalue weighted by Crippen LogP contribution is -2.42. The first-order valence-corrected chi connectivity index (χ1v) is 10.3. The van der Waals surface area contributed by atoms with Crippen LogP contribution < -0.4 is 10.6 Å². The van der Waals surface area contributed by atoms with Crippen molar-refractivity contribution in [2.75, 3.05) is 48.3 Å². The molecule has 0 aliphatic carbocycles. The smallest absolute Gasteiger partial charge is 0.253 e. The molecule has 0 spiro atoms. The number of carbonyl (C=O) groups excluding carboxylic acids is 1. The van der Waals surface area contributed by atoms with Crippen LogP contribution in [0.5, 0.6) is 0 Å². The Hall–Kier alpha value is -2.13. The Morgan fingerprint density at radius 2 is 1.71 bits per heavy atom. The average Bonchev–Trinajstić information content (AvgIpc) is 2.73. The Balaban J connectivity index is 0.00000480. The molecule has 2 aromatic carbocycles. The Kier molecular flexibility index (Phi) is 11.6. The number of aliphatic imine (C=N–C) groups is 1. The van der Waals surface area contributed by atoms with Crippen LogP contribution in [0.4, 0.5) is 0 Å². The second kappa shape index (κ2) is 13.3. The predicted octanol–water partition coefficient (Wildman–Crippen LogP) is 3.33. The summed E-state index contributed by atoms with van der Waals surface area (Å²) in [5.74, 6) is 0.794. The highest BCUT2D eigenvalue weighted by Crippen LogP contribution is 2.17. The number of hydrogen-bond acceptors (Lipinski definition) is 3. The summed E-state index contributed by atoms with van der Waals surface area (Å²) in [6.07, 6.45) is 0.810. The Morgan fingerprint density at radius 3 is 2.29 bits per heavy atom. The van der Waals surface area contributed by atoms with Gasteiger partial charge < -0.3 is 20.4 Å². The van der Waals surface area contributed by atoms with Gasteiger partial charge in [0.2, 0.25) is 0 Å². The van der Waals surface area contributed by atoms with Gasteiger partial charge in [-0.2, -0.15) is 0 Å². The minimum absolute atomic E-state index is 0. The van der Waals surface area contributed by atoms with Gasteiger partial charge in [0, 0.05) is 39.8 Å². The summed E-state index contributed by atoms with van der Waals surface area (Å²) >= 11 is 0. The number of guanidine groups is 1. The number of likely N-dealkylation sites (N-methyl/N-ethyl adjacent to an activating group) is 1. The first-order chi connectivity index (χ1) is 14.3. The summed E-state index contributed by atoms with van der Waals surface area (Å²) in [7, 11) is 9.49. The molecule has 0 radical (unpaired) electrons. The lowest BCUT2D eigenvalue weighted by Gasteiger charge is -2.26. The molecule has 1 atom stereocenters. The van der Waals surface area contributed by atoms with Crippen molar-refractivity contribution in [1.82, 2.24) is 20.4 Å². The predicted molar refractivity (Wildman–Crippen MR) is 141 cm³/mol. The fraction of sp³-hybridized carbons (Fsp3) is 0.417. The Labute approximate surface area is 204 Å². The molecule has 0 aliphatic heterocycles. The minimum Gasteiger partial charge on any atom is -0.356 e. The molecule has 6 nitrogen and oxygen atoms in total. The highest BCUT2D eigenvalue weighted by Gasteiger charge is 2.14. The van der Waals surface area contributed by atoms with Gasteiger partial charge in [-0.05, 0) is 50.7 Å². The fourth-order valence-electron chi connectivity index (χ4n) is 3.24. The molecule has 0 saturated carbocycles. The first-order valence-electron chi connectivity index (χ1n) is 10.3. The SMILES string of the molecule is CN=C(NCCc1cccc(C(=O)N(C)C)c1)NCC(c1ccc(C)cc1)N(C)C.I. The molecule has 2 rings (SSSR count). The van der Waals surface area contributed by atoms with Gasteiger partial charge in [-0.3, -0.25) is 9.79 Å². The molecule has 1 unspecified atom stereocenters. The summed E-state index contributed by atoms with van der Waals surface area (Å²) in [5.41, 5.74) is 4.37. The normalized spacial score (nSPS) is 12.2. The van der Waals surface area contributed by atoms with Crippen molar-refractivity contribution < 1.29 is 4.79 Å². The summed E-state index contributed by atoms with van der Waals surface area (Å²) in [6.45, 7) is 3.59. The molecule has 0 aromatic heterocycles. The van der Waals surface area contributed by atoms with Crippen LogP contribution in [0.3, 0.4) is 0 Å². The largest absolute Gasteiger partial charge is 0.356 e. The average molecular weight is 537 g/mol. The lowest BCUT2D eigenvalue weighted by molar-refractivity contribution is 0.0827. The second-order valence-electron chi connectivity index (χ2n) is 7.92. The third kappa shape index (κ3) is 8.49. The molecular weight excluding hydrogens is 501 g/mol. The number of hydrogen-bond donors (Lipinski definition) is 2. The van der Waals surface area contributed by atoms with E-state index in [0.29, 0.717) is 5.56 Å². The number of aryl methyl sites for hydroxylation is 1. The molecule has 170 valence electrons. The standard InChI is InChI=1S/C24H35N5O.HI/c1-18-10-12-20(13-11-18)22(28(3)4)17-27-24(25-2)26-15-14-19-8-7-9-21(16-19)23(30)29(5)6;/h7-13,16,22H,14-15,17H2,1-6H3,(H2,25,26,27);1H. The number of nitrogens with zero attached hydrogens (tertiary/aromatic N) is 3. The van der Waals surface area contributed by atoms with Crippen molar-refractivity contribution >= 4 is 35.8 Å². The van der Waals surface area contributed by atoms with Gasteiger partial charge in [0.05, 0.1) is 6.04 Å². The third-order valence-corrected chi connectivity index (χ3v) is 5.06. The van der Waals surface area contributed by atoms with Crippen molar-refractivity contribution in [3.8, 4) is 0 Å². The van der Waals surface area contributed by atoms with Crippen LogP contribution in [-0.4, -0.2) is 70.0 Å². The molecule has 0 aliphatic rings. The van der Waals surface area contributed by atoms with Crippen molar-refractivity contribution in [3.05, 3.63) is 70.8 Å². The van der Waals surface area contributed by atoms with Crippen LogP contribution in [0.15, 0.2) is 53.5 Å². The van der Waals surface area contributed by atoms with Gasteiger partial charge in [0.1, 0.15) is 0 Å². The van der Waals surface area contributed by atoms with Crippen LogP contribution in [0, 0.1) is 6.92 Å². The maximum absolute atomic E-state index is 12.1. The third-order valence-electron chi connectivity index (χ3n) is 5.06. The van der Waals surface area contributed by atoms with Crippen LogP contribution in [-0.2, 0) is 6.42 Å². The summed E-state index contributed by atoms with van der Waals surface area (Å²) in [4.78, 5) is 20.3. The van der Waals surface area contributed by atoms with E-state index in [-0.39, 0.29) is 35.9 Å². The molecule has 7 heteroatoms. The van der Waals surface area contributed by atoms with Crippen LogP contribution in [0.2, 0.25) is 0 Å². The molecule has 2 aromatic rings. The van der Waals surface area contributed by atoms with Crippen molar-refractivity contribution in [1.29, 1.82) is 0 Å². The molecule has 1 amide bonds. The minimum atomic E-state index is 0. The van der Waals surface area contributed by atoms with Crippen molar-refractivity contribution in [3.63, 3.8) is 0 Å². The fourth-order valence-corrected chi connectivity index (χ4v) is 3.24. The zero-order chi connectivity index (χ0) is 22.1. The first kappa shape index (κ1) is 26.9. The van der Waals surface area contributed by atoms with E-state index in [1.807, 2.05) is 24.3 Å². The van der Waals surface area contributed by atoms with Crippen LogP contribution >= 0.6 is 24.0 Å². The lowest BCUT2D eigenvalue weighted by atomic mass is 10.0. The Bertz CT molecular complexity index is 849. The quantitative estimate of drug-likeness (QED) is 0.308. The van der Waals surface area contributed by atoms with E-state index in [2.05, 4.69) is 65.8 Å². The van der Waals surface area contributed by atoms with E-state index in [1.165, 1.54) is 11.1 Å². The van der Waals surface area contributed by atoms with Crippen LogP contribution in [0.1, 0.15) is 33.1 Å². The highest BCUT2D eigenvalue weighted by atomic mass is 127. The van der Waals surface area contributed by atoms with E-state index in [9.17, 15) is 4.79 Å². The number of rotatable bonds is 8. The zero-order valence-electron chi connectivity index (χ0n) is 19.5. The number of amides is 1. The summed E-state index contributed by atoms with van der Waals surface area (Å²) in [5, 5.41) is 6.80. The van der Waals surface area contributed by atoms with Gasteiger partial charge in [-0.15, -0.1) is 24.0 Å². The van der Waals surface area contributed by atoms with E-state index in [1.54, 1.807) is 26.0 Å². The van der Waals surface area contributed by atoms with Crippen LogP contribution in [0.25, 0.3) is 0 Å². The Morgan fingerprint density at radius 1 is 1.03 bits per heavy atom. The number of nitrogens with one attached hydrogen (secondary N) is 2. The van der Waals surface area contributed by atoms with Gasteiger partial charge in [-0.25, -0.2) is 0 Å². The molecule has 0 saturated heterocycles. The maximum atomic E-state index is 12.1. The molecule has 0 fully saturated rings. The van der Waals surface area contributed by atoms with Crippen molar-refractivity contribution in [2.24, 2.45) is 4.99 Å². The molecule has 31 heavy (non-hydrogen) atoms. The summed E-state index contributed by atoms with van der Waals surface area (Å²) < 4.78 is 0. The second-order valence-corrected chi connectivity index (χ2v) is 7.92. The summed E-state index contributed by atoms with van der Waals surface area (Å²) in [6, 6.07) is 16.7. The van der Waals surface area contributed by atoms with E-state index >= 15 is 0 Å². The van der Waals surface area contributed by atoms with Gasteiger partial charge in [0.15, 0.2) is 5.96 Å². The highest BCUT2D eigenvalue weighted by molar-refractivity contribution is 14.0. The van der Waals surface area contributed by atoms with E-state index < -0.39 is 0 Å². The van der Waals surface area contributed by atoms with E-state index in [4.69, 9.17) is 0 Å². The molecule has 0 heterocycles. The topological polar surface area (TPSA) is 60.0 Å². The van der Waals surface area contributed by atoms with Gasteiger partial charge in [-0.1, -0.05) is 42.0 Å². The number of halogens is 1. The molecular formula is C24H36IN5O. The number of benzene rings is 2. The number of carbonyl (C=O) groups is 1.